The third kappa shape index (κ3) is 7.23. The van der Waals surface area contributed by atoms with Crippen LogP contribution in [-0.4, -0.2) is 71.3 Å². The van der Waals surface area contributed by atoms with Gasteiger partial charge in [0.25, 0.3) is 11.6 Å². The molecule has 2 saturated heterocycles. The first-order chi connectivity index (χ1) is 28.5. The number of piperidine rings is 1. The molecular weight excluding hydrogens is 765 g/mol. The molecule has 14 heteroatoms. The zero-order valence-electron chi connectivity index (χ0n) is 33.9. The number of nitro groups is 1. The highest BCUT2D eigenvalue weighted by Crippen LogP contribution is 2.60. The number of non-ortho nitro benzene ring substituents is 1. The normalized spacial score (nSPS) is 22.2. The molecule has 8 rings (SSSR count). The zero-order valence-corrected chi connectivity index (χ0v) is 34.9. The predicted molar refractivity (Wildman–Crippen MR) is 227 cm³/mol. The van der Waals surface area contributed by atoms with Crippen LogP contribution < -0.4 is 19.7 Å². The molecule has 306 valence electrons. The van der Waals surface area contributed by atoms with Crippen molar-refractivity contribution in [2.24, 2.45) is 5.92 Å². The smallest absolute Gasteiger partial charge is 0.269 e. The Morgan fingerprint density at radius 2 is 1.80 bits per heavy atom. The number of hydrogen-bond acceptors (Lipinski definition) is 9. The van der Waals surface area contributed by atoms with Gasteiger partial charge in [0.15, 0.2) is 5.60 Å². The second-order valence-electron chi connectivity index (χ2n) is 16.5. The Balaban J connectivity index is 1.17. The van der Waals surface area contributed by atoms with Gasteiger partial charge in [-0.25, -0.2) is 0 Å². The summed E-state index contributed by atoms with van der Waals surface area (Å²) in [6, 6.07) is 30.2. The Morgan fingerprint density at radius 1 is 1.02 bits per heavy atom. The first-order valence-electron chi connectivity index (χ1n) is 20.3. The van der Waals surface area contributed by atoms with Gasteiger partial charge in [-0.15, -0.1) is 5.10 Å². The van der Waals surface area contributed by atoms with E-state index >= 15 is 4.79 Å². The highest BCUT2D eigenvalue weighted by Gasteiger charge is 2.66. The average Bonchev–Trinajstić information content (AvgIpc) is 3.91. The van der Waals surface area contributed by atoms with Crippen LogP contribution >= 0.6 is 0 Å². The maximum absolute atomic E-state index is 15.4. The molecule has 13 nitrogen and oxygen atoms in total. The zero-order chi connectivity index (χ0) is 41.5. The number of methoxy groups -OCH3 is 1. The molecule has 1 unspecified atom stereocenters. The van der Waals surface area contributed by atoms with Gasteiger partial charge in [0.2, 0.25) is 5.91 Å². The number of hydrogen-bond donors (Lipinski definition) is 1. The lowest BCUT2D eigenvalue weighted by Gasteiger charge is -2.37. The molecule has 3 aliphatic heterocycles. The molecule has 4 heterocycles. The summed E-state index contributed by atoms with van der Waals surface area (Å²) in [6.45, 7) is 7.80. The molecule has 1 spiro atoms. The molecule has 0 aliphatic carbocycles. The summed E-state index contributed by atoms with van der Waals surface area (Å²) in [7, 11) is -0.880. The summed E-state index contributed by atoms with van der Waals surface area (Å²) < 4.78 is 14.5. The lowest BCUT2D eigenvalue weighted by atomic mass is 9.82. The monoisotopic (exact) mass is 814 g/mol. The number of carbonyl (C=O) groups excluding carboxylic acids is 2. The Labute approximate surface area is 344 Å². The maximum atomic E-state index is 15.4. The molecule has 0 saturated carbocycles. The summed E-state index contributed by atoms with van der Waals surface area (Å²) in [5.74, 6) is -0.139. The Bertz CT molecular complexity index is 2350. The average molecular weight is 815 g/mol. The van der Waals surface area contributed by atoms with Crippen molar-refractivity contribution in [3.8, 4) is 5.75 Å². The van der Waals surface area contributed by atoms with Crippen LogP contribution in [0.15, 0.2) is 103 Å². The van der Waals surface area contributed by atoms with Crippen LogP contribution in [-0.2, 0) is 33.0 Å². The number of carbonyl (C=O) groups is 2. The number of rotatable bonds is 13. The highest BCUT2D eigenvalue weighted by atomic mass is 28.3. The summed E-state index contributed by atoms with van der Waals surface area (Å²) in [5.41, 5.74) is 2.56. The topological polar surface area (TPSA) is 153 Å². The molecule has 5 aromatic rings. The van der Waals surface area contributed by atoms with Gasteiger partial charge in [-0.05, 0) is 66.3 Å². The fourth-order valence-corrected chi connectivity index (χ4v) is 13.9. The second kappa shape index (κ2) is 16.2. The largest absolute Gasteiger partial charge is 0.497 e. The number of aryl methyl sites for hydroxylation is 1. The van der Waals surface area contributed by atoms with E-state index in [0.29, 0.717) is 42.9 Å². The highest BCUT2D eigenvalue weighted by molar-refractivity contribution is 6.91. The standard InChI is InChI=1S/C45H50N6O7Si/c1-30-43(59(3,4)36-19-17-35(57-2)18-20-36)41(22-24-48-28-39(46-47-48)37(29-52)32-12-6-5-7-13-32)58-45(30)38-26-34(51(55)56)16-21-40(38)50(44(45)54)27-31-11-10-14-33(25-31)49-23-9-8-15-42(49)53/h5-7,10-14,16-21,25-26,28,30,37,41,43,52H,8-9,15,22-24,27,29H2,1-4H3/t30-,37?,41+,43-,45+/m0/s1. The van der Waals surface area contributed by atoms with Gasteiger partial charge in [0, 0.05) is 55.0 Å². The minimum atomic E-state index is -2.52. The number of benzene rings is 4. The molecule has 3 aliphatic rings. The number of fused-ring (bicyclic) bond motifs is 2. The summed E-state index contributed by atoms with van der Waals surface area (Å²) >= 11 is 0. The molecule has 59 heavy (non-hydrogen) atoms. The fourth-order valence-electron chi connectivity index (χ4n) is 9.82. The van der Waals surface area contributed by atoms with Crippen molar-refractivity contribution in [3.63, 3.8) is 0 Å². The van der Waals surface area contributed by atoms with Crippen LogP contribution in [0.4, 0.5) is 17.1 Å². The lowest BCUT2D eigenvalue weighted by molar-refractivity contribution is -0.385. The van der Waals surface area contributed by atoms with Crippen LogP contribution in [0, 0.1) is 16.0 Å². The molecule has 4 aromatic carbocycles. The molecule has 2 amide bonds. The third-order valence-corrected chi connectivity index (χ3v) is 17.2. The Hall–Kier alpha value is -5.70. The van der Waals surface area contributed by atoms with E-state index in [9.17, 15) is 20.0 Å². The number of ether oxygens (including phenoxy) is 2. The lowest BCUT2D eigenvalue weighted by Crippen LogP contribution is -2.51. The van der Waals surface area contributed by atoms with E-state index in [4.69, 9.17) is 9.47 Å². The van der Waals surface area contributed by atoms with E-state index in [2.05, 4.69) is 42.5 Å². The predicted octanol–water partition coefficient (Wildman–Crippen LogP) is 6.69. The fraction of sp³-hybridized carbons (Fsp3) is 0.378. The Morgan fingerprint density at radius 3 is 2.51 bits per heavy atom. The van der Waals surface area contributed by atoms with Gasteiger partial charge in [-0.1, -0.05) is 85.0 Å². The molecule has 5 atom stereocenters. The number of amides is 2. The first-order valence-corrected chi connectivity index (χ1v) is 23.4. The van der Waals surface area contributed by atoms with Crippen molar-refractivity contribution >= 4 is 42.1 Å². The number of nitrogens with zero attached hydrogens (tertiary/aromatic N) is 6. The number of aromatic nitrogens is 3. The van der Waals surface area contributed by atoms with Crippen molar-refractivity contribution in [1.29, 1.82) is 0 Å². The van der Waals surface area contributed by atoms with Crippen LogP contribution in [0.25, 0.3) is 0 Å². The third-order valence-electron chi connectivity index (χ3n) is 12.9. The van der Waals surface area contributed by atoms with Gasteiger partial charge in [0.1, 0.15) is 5.75 Å². The van der Waals surface area contributed by atoms with E-state index in [1.807, 2.05) is 77.8 Å². The van der Waals surface area contributed by atoms with Gasteiger partial charge < -0.3 is 24.4 Å². The van der Waals surface area contributed by atoms with Crippen LogP contribution in [0.5, 0.6) is 5.75 Å². The molecule has 1 N–H and O–H groups in total. The number of nitro benzene ring substituents is 1. The second-order valence-corrected chi connectivity index (χ2v) is 21.2. The quantitative estimate of drug-likeness (QED) is 0.0779. The number of aliphatic hydroxyl groups excluding tert-OH is 1. The van der Waals surface area contributed by atoms with Crippen LogP contribution in [0.1, 0.15) is 60.9 Å². The first kappa shape index (κ1) is 40.1. The van der Waals surface area contributed by atoms with E-state index in [-0.39, 0.29) is 48.0 Å². The molecule has 0 bridgehead atoms. The van der Waals surface area contributed by atoms with Gasteiger partial charge in [-0.2, -0.15) is 0 Å². The summed E-state index contributed by atoms with van der Waals surface area (Å²) in [6.07, 6.45) is 4.22. The summed E-state index contributed by atoms with van der Waals surface area (Å²) in [4.78, 5) is 43.6. The molecular formula is C45H50N6O7Si. The van der Waals surface area contributed by atoms with Crippen molar-refractivity contribution in [3.05, 3.63) is 136 Å². The maximum Gasteiger partial charge on any atom is 0.269 e. The SMILES string of the molecule is COc1ccc([Si](C)(C)[C@@H]2[C@@H](CCn3cc(C(CO)c4ccccc4)nn3)O[C@]3(C(=O)N(Cc4cccc(N5CCCCC5=O)c4)c4ccc([N+](=O)[O-])cc43)[C@H]2C)cc1. The minimum Gasteiger partial charge on any atom is -0.497 e. The number of anilines is 2. The minimum absolute atomic E-state index is 0.0858. The molecule has 2 fully saturated rings. The van der Waals surface area contributed by atoms with Crippen molar-refractivity contribution in [2.75, 3.05) is 30.1 Å². The molecule has 1 aromatic heterocycles. The van der Waals surface area contributed by atoms with Crippen molar-refractivity contribution in [2.45, 2.75) is 82.0 Å². The number of aliphatic hydroxyl groups is 1. The van der Waals surface area contributed by atoms with E-state index in [1.54, 1.807) is 22.8 Å². The van der Waals surface area contributed by atoms with Crippen molar-refractivity contribution < 1.29 is 29.1 Å². The van der Waals surface area contributed by atoms with Gasteiger partial charge in [0.05, 0.1) is 56.7 Å². The van der Waals surface area contributed by atoms with Crippen LogP contribution in [0.2, 0.25) is 18.6 Å². The van der Waals surface area contributed by atoms with E-state index in [1.165, 1.54) is 17.3 Å². The molecule has 0 radical (unpaired) electrons. The van der Waals surface area contributed by atoms with Crippen molar-refractivity contribution in [1.82, 2.24) is 15.0 Å². The van der Waals surface area contributed by atoms with Crippen LogP contribution in [0.3, 0.4) is 0 Å². The summed E-state index contributed by atoms with van der Waals surface area (Å²) in [5, 5.41) is 32.7. The van der Waals surface area contributed by atoms with E-state index in [0.717, 1.165) is 35.4 Å². The van der Waals surface area contributed by atoms with Gasteiger partial charge >= 0.3 is 0 Å². The van der Waals surface area contributed by atoms with E-state index < -0.39 is 24.7 Å². The Kier molecular flexibility index (Phi) is 11.0. The van der Waals surface area contributed by atoms with Gasteiger partial charge in [-0.3, -0.25) is 24.4 Å².